The molecule has 63 valence electrons. The average molecular weight is 337 g/mol. The first-order chi connectivity index (χ1) is 0. The summed E-state index contributed by atoms with van der Waals surface area (Å²) in [5, 5.41) is 0. The quantitative estimate of drug-likeness (QED) is 0.613. The molecule has 0 unspecified atom stereocenters. The maximum atomic E-state index is 0. The molecule has 0 spiro atoms. The summed E-state index contributed by atoms with van der Waals surface area (Å²) >= 11 is 0. The van der Waals surface area contributed by atoms with E-state index in [1.807, 2.05) is 0 Å². The summed E-state index contributed by atoms with van der Waals surface area (Å²) < 4.78 is 0. The first-order valence-corrected chi connectivity index (χ1v) is 0. The van der Waals surface area contributed by atoms with Crippen LogP contribution in [-0.4, -0.2) is 0 Å². The minimum atomic E-state index is 0. The molecule has 0 saturated heterocycles. The smallest absolute Gasteiger partial charge is 0 e. The predicted molar refractivity (Wildman–Crippen MR) is 72.7 cm³/mol. The van der Waals surface area contributed by atoms with Gasteiger partial charge in [-0.3, -0.25) is 0 Å². The van der Waals surface area contributed by atoms with Gasteiger partial charge in [-0.15, -0.1) is 0 Å². The van der Waals surface area contributed by atoms with E-state index in [-0.39, 0.29) is 115 Å². The van der Waals surface area contributed by atoms with Gasteiger partial charge in [0.25, 0.3) is 0 Å². The molecular formula is H14S7Tc. The molecule has 8 heteroatoms. The zero-order chi connectivity index (χ0) is 0. The number of hydrogen-bond acceptors (Lipinski definition) is 0. The summed E-state index contributed by atoms with van der Waals surface area (Å²) in [4.78, 5) is 0. The second-order valence-corrected chi connectivity index (χ2v) is 0. The van der Waals surface area contributed by atoms with Crippen molar-refractivity contribution < 1.29 is 20.1 Å². The normalized spacial score (nSPS) is 0. The van der Waals surface area contributed by atoms with E-state index in [2.05, 4.69) is 0 Å². The summed E-state index contributed by atoms with van der Waals surface area (Å²) in [5.41, 5.74) is 0. The Labute approximate surface area is 113 Å². The molecule has 0 aromatic carbocycles. The Kier molecular flexibility index (Phi) is 1280. The molecule has 0 fully saturated rings. The Morgan fingerprint density at radius 3 is 0.250 bits per heavy atom. The fourth-order valence-corrected chi connectivity index (χ4v) is 0. The van der Waals surface area contributed by atoms with Crippen molar-refractivity contribution in [2.75, 3.05) is 0 Å². The third kappa shape index (κ3) is 62.1. The van der Waals surface area contributed by atoms with Gasteiger partial charge in [-0.1, -0.05) is 0 Å². The van der Waals surface area contributed by atoms with Gasteiger partial charge in [0.1, 0.15) is 0 Å². The van der Waals surface area contributed by atoms with E-state index >= 15 is 0 Å². The second kappa shape index (κ2) is 87.1. The second-order valence-electron chi connectivity index (χ2n) is 0. The molecule has 0 aliphatic carbocycles. The fraction of sp³-hybridized carbons (Fsp3) is 0. The summed E-state index contributed by atoms with van der Waals surface area (Å²) in [6.45, 7) is 0. The molecule has 0 aliphatic rings. The summed E-state index contributed by atoms with van der Waals surface area (Å²) in [6.07, 6.45) is 0. The molecule has 0 aromatic heterocycles. The van der Waals surface area contributed by atoms with Crippen LogP contribution in [0.5, 0.6) is 0 Å². The first-order valence-electron chi connectivity index (χ1n) is 0. The van der Waals surface area contributed by atoms with E-state index in [1.54, 1.807) is 0 Å². The molecule has 0 heterocycles. The van der Waals surface area contributed by atoms with Crippen molar-refractivity contribution >= 4 is 94.5 Å². The standard InChI is InChI=1S/7H2S.Tc/h7*1H2;. The van der Waals surface area contributed by atoms with Crippen molar-refractivity contribution in [2.45, 2.75) is 0 Å². The third-order valence-corrected chi connectivity index (χ3v) is 0. The average Bonchev–Trinajstić information content (AvgIpc) is 0. The molecule has 0 atom stereocenters. The Morgan fingerprint density at radius 2 is 0.250 bits per heavy atom. The van der Waals surface area contributed by atoms with E-state index in [0.717, 1.165) is 0 Å². The molecule has 0 aliphatic heterocycles. The first kappa shape index (κ1) is 118. The SMILES string of the molecule is S.S.S.S.S.S.S.[Tc]. The fourth-order valence-electron chi connectivity index (χ4n) is 0. The van der Waals surface area contributed by atoms with Crippen LogP contribution in [0.3, 0.4) is 0 Å². The predicted octanol–water partition coefficient (Wildman–Crippen LogP) is 0.787. The van der Waals surface area contributed by atoms with E-state index in [9.17, 15) is 0 Å². The van der Waals surface area contributed by atoms with Crippen LogP contribution in [0, 0.1) is 0 Å². The van der Waals surface area contributed by atoms with Crippen LogP contribution in [0.15, 0.2) is 0 Å². The van der Waals surface area contributed by atoms with Gasteiger partial charge in [0.05, 0.1) is 0 Å². The third-order valence-electron chi connectivity index (χ3n) is 0. The molecule has 8 heavy (non-hydrogen) atoms. The van der Waals surface area contributed by atoms with Gasteiger partial charge < -0.3 is 0 Å². The van der Waals surface area contributed by atoms with E-state index in [1.165, 1.54) is 0 Å². The van der Waals surface area contributed by atoms with Crippen molar-refractivity contribution in [2.24, 2.45) is 0 Å². The van der Waals surface area contributed by atoms with Crippen molar-refractivity contribution in [3.63, 3.8) is 0 Å². The Balaban J connectivity index is 0. The van der Waals surface area contributed by atoms with E-state index in [0.29, 0.717) is 0 Å². The van der Waals surface area contributed by atoms with Gasteiger partial charge in [0.2, 0.25) is 0 Å². The summed E-state index contributed by atoms with van der Waals surface area (Å²) in [5.74, 6) is 0. The topological polar surface area (TPSA) is 0 Å². The monoisotopic (exact) mass is 335 g/mol. The molecule has 0 bridgehead atoms. The van der Waals surface area contributed by atoms with Gasteiger partial charge in [0, 0.05) is 20.1 Å². The van der Waals surface area contributed by atoms with Crippen molar-refractivity contribution in [1.29, 1.82) is 0 Å². The van der Waals surface area contributed by atoms with Crippen molar-refractivity contribution in [3.8, 4) is 0 Å². The van der Waals surface area contributed by atoms with Crippen LogP contribution in [0.25, 0.3) is 0 Å². The largest absolute Gasteiger partial charge is 0.197 e. The van der Waals surface area contributed by atoms with Crippen LogP contribution in [-0.2, 0) is 20.1 Å². The zero-order valence-electron chi connectivity index (χ0n) is 3.88. The molecule has 0 amide bonds. The van der Waals surface area contributed by atoms with Gasteiger partial charge >= 0.3 is 0 Å². The van der Waals surface area contributed by atoms with Gasteiger partial charge in [-0.05, 0) is 0 Å². The van der Waals surface area contributed by atoms with E-state index < -0.39 is 0 Å². The molecular weight excluding hydrogens is 322 g/mol. The minimum absolute atomic E-state index is 0. The Bertz CT molecular complexity index is 4.35. The zero-order valence-corrected chi connectivity index (χ0v) is 12.7. The molecule has 0 N–H and O–H groups in total. The summed E-state index contributed by atoms with van der Waals surface area (Å²) in [7, 11) is 0. The summed E-state index contributed by atoms with van der Waals surface area (Å²) in [6, 6.07) is 0. The Hall–Kier alpha value is 3.10. The molecule has 0 aromatic rings. The van der Waals surface area contributed by atoms with Gasteiger partial charge in [-0.25, -0.2) is 0 Å². The van der Waals surface area contributed by atoms with Crippen LogP contribution in [0.2, 0.25) is 0 Å². The molecule has 1 radical (unpaired) electrons. The van der Waals surface area contributed by atoms with Crippen LogP contribution in [0.4, 0.5) is 0 Å². The minimum Gasteiger partial charge on any atom is -0.197 e. The molecule has 0 saturated carbocycles. The van der Waals surface area contributed by atoms with Crippen LogP contribution >= 0.6 is 94.5 Å². The maximum Gasteiger partial charge on any atom is 0 e. The number of hydrogen-bond donors (Lipinski definition) is 0. The van der Waals surface area contributed by atoms with Crippen LogP contribution < -0.4 is 0 Å². The van der Waals surface area contributed by atoms with Crippen LogP contribution in [0.1, 0.15) is 0 Å². The number of rotatable bonds is 0. The van der Waals surface area contributed by atoms with Gasteiger partial charge in [-0.2, -0.15) is 94.5 Å². The Morgan fingerprint density at radius 1 is 0.250 bits per heavy atom. The van der Waals surface area contributed by atoms with Crippen molar-refractivity contribution in [3.05, 3.63) is 0 Å². The molecule has 0 nitrogen and oxygen atoms in total. The molecule has 0 rings (SSSR count). The van der Waals surface area contributed by atoms with Crippen molar-refractivity contribution in [1.82, 2.24) is 0 Å². The maximum absolute atomic E-state index is 0. The van der Waals surface area contributed by atoms with E-state index in [4.69, 9.17) is 0 Å². The van der Waals surface area contributed by atoms with Gasteiger partial charge in [0.15, 0.2) is 0 Å².